The normalized spacial score (nSPS) is 13.8. The fourth-order valence-electron chi connectivity index (χ4n) is 3.99. The summed E-state index contributed by atoms with van der Waals surface area (Å²) >= 11 is 0. The van der Waals surface area contributed by atoms with Gasteiger partial charge < -0.3 is 19.7 Å². The van der Waals surface area contributed by atoms with Gasteiger partial charge in [0, 0.05) is 51.3 Å². The van der Waals surface area contributed by atoms with Crippen molar-refractivity contribution in [2.75, 3.05) is 45.2 Å². The molecule has 0 saturated heterocycles. The maximum atomic E-state index is 12.8. The Bertz CT molecular complexity index is 1020. The van der Waals surface area contributed by atoms with E-state index >= 15 is 0 Å². The number of aryl methyl sites for hydroxylation is 2. The summed E-state index contributed by atoms with van der Waals surface area (Å²) in [6.07, 6.45) is 11.8. The Kier molecular flexibility index (Phi) is 7.09. The minimum absolute atomic E-state index is 0.0442. The monoisotopic (exact) mass is 437 g/mol. The SMILES string of the molecule is CCc1nc2ccc(C(=O)NCCCn3ccnc3)cn2c1N(CCN(C)C)CC1CC1. The largest absolute Gasteiger partial charge is 0.355 e. The van der Waals surface area contributed by atoms with Gasteiger partial charge in [-0.1, -0.05) is 6.92 Å². The summed E-state index contributed by atoms with van der Waals surface area (Å²) in [5.74, 6) is 1.87. The zero-order valence-corrected chi connectivity index (χ0v) is 19.5. The number of amides is 1. The highest BCUT2D eigenvalue weighted by Gasteiger charge is 2.27. The Morgan fingerprint density at radius 3 is 2.78 bits per heavy atom. The number of likely N-dealkylation sites (N-methyl/N-ethyl adjacent to an activating group) is 1. The van der Waals surface area contributed by atoms with Crippen LogP contribution in [-0.4, -0.2) is 70.0 Å². The Labute approximate surface area is 190 Å². The molecule has 8 heteroatoms. The van der Waals surface area contributed by atoms with Crippen molar-refractivity contribution in [2.24, 2.45) is 5.92 Å². The van der Waals surface area contributed by atoms with Crippen LogP contribution in [0.3, 0.4) is 0 Å². The van der Waals surface area contributed by atoms with Gasteiger partial charge in [-0.05, 0) is 57.8 Å². The molecule has 32 heavy (non-hydrogen) atoms. The number of hydrogen-bond donors (Lipinski definition) is 1. The highest BCUT2D eigenvalue weighted by atomic mass is 16.1. The molecule has 172 valence electrons. The van der Waals surface area contributed by atoms with Crippen LogP contribution in [0.4, 0.5) is 5.82 Å². The minimum atomic E-state index is -0.0442. The number of carbonyl (C=O) groups is 1. The Morgan fingerprint density at radius 1 is 1.25 bits per heavy atom. The molecule has 1 aliphatic carbocycles. The summed E-state index contributed by atoms with van der Waals surface area (Å²) in [5, 5.41) is 3.05. The van der Waals surface area contributed by atoms with E-state index in [0.29, 0.717) is 12.1 Å². The van der Waals surface area contributed by atoms with E-state index in [9.17, 15) is 4.79 Å². The standard InChI is InChI=1S/C24H35N7O/c1-4-21-24(30(15-14-28(2)3)16-19-6-7-19)31-17-20(8-9-22(31)27-21)23(32)26-10-5-12-29-13-11-25-18-29/h8-9,11,13,17-19H,4-7,10,12,14-16H2,1-3H3,(H,26,32). The minimum Gasteiger partial charge on any atom is -0.355 e. The van der Waals surface area contributed by atoms with Crippen LogP contribution in [0.1, 0.15) is 42.2 Å². The second kappa shape index (κ2) is 10.2. The van der Waals surface area contributed by atoms with Crippen molar-refractivity contribution in [1.82, 2.24) is 29.2 Å². The summed E-state index contributed by atoms with van der Waals surface area (Å²) in [4.78, 5) is 26.4. The number of rotatable bonds is 12. The molecule has 0 atom stereocenters. The summed E-state index contributed by atoms with van der Waals surface area (Å²) in [6, 6.07) is 3.84. The number of pyridine rings is 1. The van der Waals surface area contributed by atoms with E-state index in [0.717, 1.165) is 62.1 Å². The van der Waals surface area contributed by atoms with E-state index in [4.69, 9.17) is 4.98 Å². The van der Waals surface area contributed by atoms with Crippen LogP contribution in [-0.2, 0) is 13.0 Å². The highest BCUT2D eigenvalue weighted by Crippen LogP contribution is 2.33. The summed E-state index contributed by atoms with van der Waals surface area (Å²) in [5.41, 5.74) is 2.67. The Morgan fingerprint density at radius 2 is 2.09 bits per heavy atom. The molecule has 3 aromatic heterocycles. The fourth-order valence-corrected chi connectivity index (χ4v) is 3.99. The molecule has 0 bridgehead atoms. The topological polar surface area (TPSA) is 70.7 Å². The number of carbonyl (C=O) groups excluding carboxylic acids is 1. The number of aromatic nitrogens is 4. The van der Waals surface area contributed by atoms with E-state index in [1.54, 1.807) is 12.5 Å². The van der Waals surface area contributed by atoms with Gasteiger partial charge in [-0.15, -0.1) is 0 Å². The summed E-state index contributed by atoms with van der Waals surface area (Å²) in [6.45, 7) is 6.62. The second-order valence-corrected chi connectivity index (χ2v) is 8.98. The molecule has 4 rings (SSSR count). The molecule has 0 aliphatic heterocycles. The van der Waals surface area contributed by atoms with Crippen LogP contribution in [0.2, 0.25) is 0 Å². The van der Waals surface area contributed by atoms with Crippen LogP contribution in [0.25, 0.3) is 5.65 Å². The van der Waals surface area contributed by atoms with Gasteiger partial charge >= 0.3 is 0 Å². The van der Waals surface area contributed by atoms with Gasteiger partial charge in [0.15, 0.2) is 0 Å². The van der Waals surface area contributed by atoms with Crippen molar-refractivity contribution in [3.8, 4) is 0 Å². The van der Waals surface area contributed by atoms with Gasteiger partial charge in [0.25, 0.3) is 5.91 Å². The summed E-state index contributed by atoms with van der Waals surface area (Å²) < 4.78 is 4.14. The third kappa shape index (κ3) is 5.48. The molecule has 1 aliphatic rings. The van der Waals surface area contributed by atoms with E-state index in [1.807, 2.05) is 29.1 Å². The third-order valence-electron chi connectivity index (χ3n) is 5.99. The lowest BCUT2D eigenvalue weighted by Gasteiger charge is -2.27. The first kappa shape index (κ1) is 22.3. The van der Waals surface area contributed by atoms with Crippen molar-refractivity contribution in [2.45, 2.75) is 39.2 Å². The maximum Gasteiger partial charge on any atom is 0.252 e. The lowest BCUT2D eigenvalue weighted by atomic mass is 10.2. The predicted octanol–water partition coefficient (Wildman–Crippen LogP) is 2.69. The molecule has 1 saturated carbocycles. The van der Waals surface area contributed by atoms with Crippen molar-refractivity contribution in [3.05, 3.63) is 48.3 Å². The molecule has 0 aromatic carbocycles. The van der Waals surface area contributed by atoms with E-state index in [1.165, 1.54) is 12.8 Å². The second-order valence-electron chi connectivity index (χ2n) is 8.98. The number of nitrogens with zero attached hydrogens (tertiary/aromatic N) is 6. The number of imidazole rings is 2. The van der Waals surface area contributed by atoms with Crippen LogP contribution in [0, 0.1) is 5.92 Å². The fraction of sp³-hybridized carbons (Fsp3) is 0.542. The van der Waals surface area contributed by atoms with Crippen LogP contribution in [0.5, 0.6) is 0 Å². The molecule has 3 aromatic rings. The third-order valence-corrected chi connectivity index (χ3v) is 5.99. The molecule has 3 heterocycles. The number of anilines is 1. The van der Waals surface area contributed by atoms with Gasteiger partial charge in [-0.2, -0.15) is 0 Å². The smallest absolute Gasteiger partial charge is 0.252 e. The first-order chi connectivity index (χ1) is 15.5. The van der Waals surface area contributed by atoms with Gasteiger partial charge in [-0.3, -0.25) is 9.20 Å². The summed E-state index contributed by atoms with van der Waals surface area (Å²) in [7, 11) is 4.22. The van der Waals surface area contributed by atoms with E-state index in [2.05, 4.69) is 45.5 Å². The van der Waals surface area contributed by atoms with Crippen molar-refractivity contribution >= 4 is 17.4 Å². The van der Waals surface area contributed by atoms with E-state index < -0.39 is 0 Å². The molecule has 1 amide bonds. The highest BCUT2D eigenvalue weighted by molar-refractivity contribution is 5.94. The maximum absolute atomic E-state index is 12.8. The number of nitrogens with one attached hydrogen (secondary N) is 1. The lowest BCUT2D eigenvalue weighted by molar-refractivity contribution is 0.0952. The van der Waals surface area contributed by atoms with Crippen LogP contribution < -0.4 is 10.2 Å². The molecule has 0 unspecified atom stereocenters. The molecule has 1 fully saturated rings. The number of hydrogen-bond acceptors (Lipinski definition) is 5. The first-order valence-corrected chi connectivity index (χ1v) is 11.7. The van der Waals surface area contributed by atoms with Gasteiger partial charge in [0.05, 0.1) is 17.6 Å². The van der Waals surface area contributed by atoms with Crippen LogP contribution >= 0.6 is 0 Å². The van der Waals surface area contributed by atoms with Crippen molar-refractivity contribution in [3.63, 3.8) is 0 Å². The molecule has 0 radical (unpaired) electrons. The lowest BCUT2D eigenvalue weighted by Crippen LogP contribution is -2.34. The quantitative estimate of drug-likeness (QED) is 0.441. The number of fused-ring (bicyclic) bond motifs is 1. The van der Waals surface area contributed by atoms with Crippen molar-refractivity contribution in [1.29, 1.82) is 0 Å². The van der Waals surface area contributed by atoms with Crippen molar-refractivity contribution < 1.29 is 4.79 Å². The molecule has 8 nitrogen and oxygen atoms in total. The molecule has 1 N–H and O–H groups in total. The predicted molar refractivity (Wildman–Crippen MR) is 127 cm³/mol. The first-order valence-electron chi connectivity index (χ1n) is 11.7. The zero-order valence-electron chi connectivity index (χ0n) is 19.5. The van der Waals surface area contributed by atoms with Gasteiger partial charge in [0.1, 0.15) is 11.5 Å². The zero-order chi connectivity index (χ0) is 22.5. The molecule has 0 spiro atoms. The average Bonchev–Trinajstić information content (AvgIpc) is 3.31. The van der Waals surface area contributed by atoms with Gasteiger partial charge in [0.2, 0.25) is 0 Å². The van der Waals surface area contributed by atoms with E-state index in [-0.39, 0.29) is 5.91 Å². The van der Waals surface area contributed by atoms with Gasteiger partial charge in [-0.25, -0.2) is 9.97 Å². The average molecular weight is 438 g/mol. The molecular weight excluding hydrogens is 402 g/mol. The van der Waals surface area contributed by atoms with Crippen LogP contribution in [0.15, 0.2) is 37.1 Å². The Hall–Kier alpha value is -2.87. The Balaban J connectivity index is 1.51. The molecular formula is C24H35N7O.